The van der Waals surface area contributed by atoms with Crippen LogP contribution in [0.2, 0.25) is 0 Å². The second kappa shape index (κ2) is 5.05. The zero-order valence-corrected chi connectivity index (χ0v) is 11.8. The molecule has 4 nitrogen and oxygen atoms in total. The number of para-hydroxylation sites is 1. The number of nitrogens with one attached hydrogen (secondary N) is 1. The molecule has 0 radical (unpaired) electrons. The summed E-state index contributed by atoms with van der Waals surface area (Å²) in [5.74, 6) is 0.754. The number of aromatic nitrogens is 1. The molecule has 102 valence electrons. The largest absolute Gasteiger partial charge is 0.494 e. The number of ether oxygens (including phenoxy) is 1. The zero-order valence-electron chi connectivity index (χ0n) is 11.8. The van der Waals surface area contributed by atoms with Crippen LogP contribution in [0.3, 0.4) is 0 Å². The standard InChI is InChI=1S/C15H20N2O2/c1-10-8-16-14-11(6-5-7-12(14)19-4)13(10)17-9-15(2,3)18/h5-8,18H,9H2,1-4H3,(H,16,17). The van der Waals surface area contributed by atoms with Crippen LogP contribution < -0.4 is 10.1 Å². The smallest absolute Gasteiger partial charge is 0.145 e. The topological polar surface area (TPSA) is 54.4 Å². The minimum Gasteiger partial charge on any atom is -0.494 e. The average Bonchev–Trinajstić information content (AvgIpc) is 2.35. The number of methoxy groups -OCH3 is 1. The first-order valence-corrected chi connectivity index (χ1v) is 6.31. The van der Waals surface area contributed by atoms with Gasteiger partial charge in [-0.25, -0.2) is 0 Å². The minimum absolute atomic E-state index is 0.476. The van der Waals surface area contributed by atoms with Crippen LogP contribution in [-0.4, -0.2) is 29.3 Å². The van der Waals surface area contributed by atoms with E-state index in [9.17, 15) is 5.11 Å². The van der Waals surface area contributed by atoms with Crippen molar-refractivity contribution >= 4 is 16.6 Å². The summed E-state index contributed by atoms with van der Waals surface area (Å²) >= 11 is 0. The summed E-state index contributed by atoms with van der Waals surface area (Å²) in [5, 5.41) is 14.1. The van der Waals surface area contributed by atoms with Gasteiger partial charge in [-0.3, -0.25) is 4.98 Å². The molecule has 0 saturated carbocycles. The Morgan fingerprint density at radius 1 is 1.37 bits per heavy atom. The number of hydrogen-bond donors (Lipinski definition) is 2. The van der Waals surface area contributed by atoms with E-state index in [-0.39, 0.29) is 0 Å². The Hall–Kier alpha value is -1.81. The fourth-order valence-corrected chi connectivity index (χ4v) is 2.00. The molecule has 2 rings (SSSR count). The third-order valence-corrected chi connectivity index (χ3v) is 2.97. The van der Waals surface area contributed by atoms with Crippen LogP contribution >= 0.6 is 0 Å². The lowest BCUT2D eigenvalue weighted by atomic mass is 10.1. The Kier molecular flexibility index (Phi) is 3.62. The molecule has 0 atom stereocenters. The number of hydrogen-bond acceptors (Lipinski definition) is 4. The van der Waals surface area contributed by atoms with Gasteiger partial charge in [-0.15, -0.1) is 0 Å². The molecular weight excluding hydrogens is 240 g/mol. The number of nitrogens with zero attached hydrogens (tertiary/aromatic N) is 1. The third-order valence-electron chi connectivity index (χ3n) is 2.97. The number of fused-ring (bicyclic) bond motifs is 1. The highest BCUT2D eigenvalue weighted by molar-refractivity contribution is 5.96. The lowest BCUT2D eigenvalue weighted by Gasteiger charge is -2.20. The van der Waals surface area contributed by atoms with E-state index in [0.29, 0.717) is 6.54 Å². The second-order valence-corrected chi connectivity index (χ2v) is 5.34. The van der Waals surface area contributed by atoms with Crippen molar-refractivity contribution in [2.45, 2.75) is 26.4 Å². The lowest BCUT2D eigenvalue weighted by Crippen LogP contribution is -2.29. The van der Waals surface area contributed by atoms with Gasteiger partial charge in [-0.2, -0.15) is 0 Å². The van der Waals surface area contributed by atoms with Crippen molar-refractivity contribution in [3.63, 3.8) is 0 Å². The van der Waals surface area contributed by atoms with Crippen LogP contribution in [0.15, 0.2) is 24.4 Å². The number of pyridine rings is 1. The monoisotopic (exact) mass is 260 g/mol. The summed E-state index contributed by atoms with van der Waals surface area (Å²) in [6.07, 6.45) is 1.82. The zero-order chi connectivity index (χ0) is 14.0. The quantitative estimate of drug-likeness (QED) is 0.887. The molecule has 1 heterocycles. The number of anilines is 1. The summed E-state index contributed by atoms with van der Waals surface area (Å²) < 4.78 is 5.33. The van der Waals surface area contributed by atoms with E-state index in [1.54, 1.807) is 21.0 Å². The lowest BCUT2D eigenvalue weighted by molar-refractivity contribution is 0.0945. The van der Waals surface area contributed by atoms with Gasteiger partial charge in [-0.05, 0) is 32.4 Å². The van der Waals surface area contributed by atoms with Gasteiger partial charge >= 0.3 is 0 Å². The van der Waals surface area contributed by atoms with Crippen LogP contribution in [0.5, 0.6) is 5.75 Å². The minimum atomic E-state index is -0.763. The highest BCUT2D eigenvalue weighted by Gasteiger charge is 2.15. The van der Waals surface area contributed by atoms with Crippen LogP contribution in [0.25, 0.3) is 10.9 Å². The van der Waals surface area contributed by atoms with Gasteiger partial charge in [0.05, 0.1) is 12.7 Å². The molecule has 1 aromatic heterocycles. The van der Waals surface area contributed by atoms with Crippen molar-refractivity contribution in [3.05, 3.63) is 30.0 Å². The molecule has 0 saturated heterocycles. The van der Waals surface area contributed by atoms with Crippen molar-refractivity contribution < 1.29 is 9.84 Å². The molecule has 0 fully saturated rings. The molecule has 0 spiro atoms. The van der Waals surface area contributed by atoms with Gasteiger partial charge in [-0.1, -0.05) is 12.1 Å². The molecule has 19 heavy (non-hydrogen) atoms. The maximum absolute atomic E-state index is 9.84. The van der Waals surface area contributed by atoms with Gasteiger partial charge in [0.25, 0.3) is 0 Å². The Balaban J connectivity index is 2.50. The van der Waals surface area contributed by atoms with E-state index in [4.69, 9.17) is 4.74 Å². The van der Waals surface area contributed by atoms with Gasteiger partial charge in [0, 0.05) is 23.8 Å². The van der Waals surface area contributed by atoms with Crippen LogP contribution in [0.1, 0.15) is 19.4 Å². The third kappa shape index (κ3) is 2.96. The van der Waals surface area contributed by atoms with Gasteiger partial charge in [0.1, 0.15) is 11.3 Å². The van der Waals surface area contributed by atoms with Crippen LogP contribution in [-0.2, 0) is 0 Å². The van der Waals surface area contributed by atoms with E-state index >= 15 is 0 Å². The van der Waals surface area contributed by atoms with Gasteiger partial charge < -0.3 is 15.2 Å². The predicted molar refractivity (Wildman–Crippen MR) is 77.8 cm³/mol. The molecule has 0 amide bonds. The normalized spacial score (nSPS) is 11.6. The molecule has 0 bridgehead atoms. The molecule has 0 aliphatic heterocycles. The van der Waals surface area contributed by atoms with Crippen LogP contribution in [0.4, 0.5) is 5.69 Å². The number of benzene rings is 1. The van der Waals surface area contributed by atoms with Crippen molar-refractivity contribution in [1.29, 1.82) is 0 Å². The van der Waals surface area contributed by atoms with E-state index < -0.39 is 5.60 Å². The summed E-state index contributed by atoms with van der Waals surface area (Å²) in [5.41, 5.74) is 2.10. The van der Waals surface area contributed by atoms with Crippen molar-refractivity contribution in [2.75, 3.05) is 19.0 Å². The molecule has 1 aromatic carbocycles. The van der Waals surface area contributed by atoms with E-state index in [0.717, 1.165) is 27.9 Å². The maximum atomic E-state index is 9.84. The summed E-state index contributed by atoms with van der Waals surface area (Å²) in [6.45, 7) is 6.03. The second-order valence-electron chi connectivity index (χ2n) is 5.34. The van der Waals surface area contributed by atoms with E-state index in [1.807, 2.05) is 31.3 Å². The molecule has 0 aliphatic rings. The molecule has 4 heteroatoms. The molecular formula is C15H20N2O2. The first kappa shape index (κ1) is 13.6. The first-order valence-electron chi connectivity index (χ1n) is 6.31. The molecule has 0 aliphatic carbocycles. The Morgan fingerprint density at radius 2 is 2.11 bits per heavy atom. The first-order chi connectivity index (χ1) is 8.92. The highest BCUT2D eigenvalue weighted by atomic mass is 16.5. The Morgan fingerprint density at radius 3 is 2.74 bits per heavy atom. The number of aryl methyl sites for hydroxylation is 1. The summed E-state index contributed by atoms with van der Waals surface area (Å²) in [4.78, 5) is 4.43. The van der Waals surface area contributed by atoms with Crippen LogP contribution in [0, 0.1) is 6.92 Å². The molecule has 0 unspecified atom stereocenters. The Bertz CT molecular complexity index is 588. The number of rotatable bonds is 4. The van der Waals surface area contributed by atoms with E-state index in [1.165, 1.54) is 0 Å². The SMILES string of the molecule is COc1cccc2c(NCC(C)(C)O)c(C)cnc12. The predicted octanol–water partition coefficient (Wildman–Crippen LogP) is 2.73. The average molecular weight is 260 g/mol. The summed E-state index contributed by atoms with van der Waals surface area (Å²) in [7, 11) is 1.64. The fraction of sp³-hybridized carbons (Fsp3) is 0.400. The molecule has 2 aromatic rings. The maximum Gasteiger partial charge on any atom is 0.145 e. The van der Waals surface area contributed by atoms with Crippen molar-refractivity contribution in [1.82, 2.24) is 4.98 Å². The molecule has 2 N–H and O–H groups in total. The van der Waals surface area contributed by atoms with Gasteiger partial charge in [0.2, 0.25) is 0 Å². The highest BCUT2D eigenvalue weighted by Crippen LogP contribution is 2.31. The van der Waals surface area contributed by atoms with Crippen molar-refractivity contribution in [2.24, 2.45) is 0 Å². The summed E-state index contributed by atoms with van der Waals surface area (Å²) in [6, 6.07) is 5.84. The van der Waals surface area contributed by atoms with Gasteiger partial charge in [0.15, 0.2) is 0 Å². The fourth-order valence-electron chi connectivity index (χ4n) is 2.00. The van der Waals surface area contributed by atoms with Crippen molar-refractivity contribution in [3.8, 4) is 5.75 Å². The Labute approximate surface area is 113 Å². The number of aliphatic hydroxyl groups is 1. The van der Waals surface area contributed by atoms with E-state index in [2.05, 4.69) is 10.3 Å².